The van der Waals surface area contributed by atoms with E-state index in [0.29, 0.717) is 12.8 Å². The van der Waals surface area contributed by atoms with Crippen LogP contribution in [0.25, 0.3) is 0 Å². The molecule has 0 spiro atoms. The summed E-state index contributed by atoms with van der Waals surface area (Å²) in [7, 11) is -2.41. The molecule has 1 fully saturated rings. The quantitative estimate of drug-likeness (QED) is 0.722. The van der Waals surface area contributed by atoms with E-state index in [2.05, 4.69) is 4.74 Å². The van der Waals surface area contributed by atoms with Gasteiger partial charge in [0, 0.05) is 19.5 Å². The van der Waals surface area contributed by atoms with Gasteiger partial charge in [-0.2, -0.15) is 13.2 Å². The normalized spacial score (nSPS) is 19.0. The molecule has 0 bridgehead atoms. The molecule has 0 aromatic rings. The van der Waals surface area contributed by atoms with E-state index >= 15 is 0 Å². The third-order valence-corrected chi connectivity index (χ3v) is 5.20. The summed E-state index contributed by atoms with van der Waals surface area (Å²) in [6.07, 6.45) is -5.21. The summed E-state index contributed by atoms with van der Waals surface area (Å²) in [6, 6.07) is 0. The smallest absolute Gasteiger partial charge is 0.389 e. The molecule has 0 atom stereocenters. The second kappa shape index (κ2) is 6.75. The van der Waals surface area contributed by atoms with Gasteiger partial charge in [-0.1, -0.05) is 0 Å². The van der Waals surface area contributed by atoms with E-state index in [9.17, 15) is 26.4 Å². The highest BCUT2D eigenvalue weighted by Gasteiger charge is 2.33. The summed E-state index contributed by atoms with van der Waals surface area (Å²) in [5.41, 5.74) is 0. The largest absolute Gasteiger partial charge is 0.469 e. The molecule has 0 N–H and O–H groups in total. The van der Waals surface area contributed by atoms with Crippen molar-refractivity contribution in [1.29, 1.82) is 0 Å². The van der Waals surface area contributed by atoms with Crippen LogP contribution in [-0.4, -0.2) is 50.8 Å². The van der Waals surface area contributed by atoms with Gasteiger partial charge in [0.1, 0.15) is 0 Å². The van der Waals surface area contributed by atoms with Crippen molar-refractivity contribution in [3.63, 3.8) is 0 Å². The molecular formula is C11H18F3NO4S. The molecule has 0 aromatic heterocycles. The third-order valence-electron chi connectivity index (χ3n) is 3.24. The number of methoxy groups -OCH3 is 1. The number of hydrogen-bond acceptors (Lipinski definition) is 4. The van der Waals surface area contributed by atoms with Crippen molar-refractivity contribution in [2.24, 2.45) is 5.92 Å². The van der Waals surface area contributed by atoms with Crippen molar-refractivity contribution in [3.05, 3.63) is 0 Å². The Balaban J connectivity index is 2.45. The number of alkyl halides is 3. The molecule has 1 saturated heterocycles. The Labute approximate surface area is 116 Å². The number of rotatable bonds is 5. The van der Waals surface area contributed by atoms with Crippen molar-refractivity contribution >= 4 is 16.0 Å². The van der Waals surface area contributed by atoms with Gasteiger partial charge in [0.15, 0.2) is 0 Å². The van der Waals surface area contributed by atoms with Crippen molar-refractivity contribution < 1.29 is 31.1 Å². The molecule has 5 nitrogen and oxygen atoms in total. The number of piperidine rings is 1. The highest BCUT2D eigenvalue weighted by molar-refractivity contribution is 7.89. The molecule has 0 amide bonds. The predicted octanol–water partition coefficient (Wildman–Crippen LogP) is 1.54. The van der Waals surface area contributed by atoms with Crippen molar-refractivity contribution in [3.8, 4) is 0 Å². The second-order valence-corrected chi connectivity index (χ2v) is 6.82. The second-order valence-electron chi connectivity index (χ2n) is 4.73. The summed E-state index contributed by atoms with van der Waals surface area (Å²) < 4.78 is 65.4. The minimum atomic E-state index is -4.34. The Kier molecular flexibility index (Phi) is 5.81. The molecule has 1 aliphatic heterocycles. The topological polar surface area (TPSA) is 63.7 Å². The summed E-state index contributed by atoms with van der Waals surface area (Å²) in [4.78, 5) is 11.3. The zero-order valence-electron chi connectivity index (χ0n) is 11.1. The van der Waals surface area contributed by atoms with E-state index in [-0.39, 0.29) is 25.0 Å². The summed E-state index contributed by atoms with van der Waals surface area (Å²) in [5.74, 6) is -1.23. The summed E-state index contributed by atoms with van der Waals surface area (Å²) in [6.45, 7) is 0.294. The number of esters is 1. The van der Waals surface area contributed by atoms with Gasteiger partial charge < -0.3 is 4.74 Å². The Morgan fingerprint density at radius 1 is 1.30 bits per heavy atom. The average Bonchev–Trinajstić information content (AvgIpc) is 2.36. The van der Waals surface area contributed by atoms with Crippen molar-refractivity contribution in [2.45, 2.75) is 31.9 Å². The molecule has 118 valence electrons. The lowest BCUT2D eigenvalue weighted by Gasteiger charge is -2.29. The SMILES string of the molecule is COC(=O)C1CCN(S(=O)(=O)CCCC(F)(F)F)CC1. The van der Waals surface area contributed by atoms with Gasteiger partial charge in [-0.15, -0.1) is 0 Å². The van der Waals surface area contributed by atoms with E-state index in [1.807, 2.05) is 0 Å². The van der Waals surface area contributed by atoms with Gasteiger partial charge in [0.2, 0.25) is 10.0 Å². The highest BCUT2D eigenvalue weighted by atomic mass is 32.2. The fraction of sp³-hybridized carbons (Fsp3) is 0.909. The summed E-state index contributed by atoms with van der Waals surface area (Å²) in [5, 5.41) is 0. The number of carbonyl (C=O) groups excluding carboxylic acids is 1. The molecule has 1 aliphatic rings. The maximum atomic E-state index is 12.0. The van der Waals surface area contributed by atoms with Gasteiger partial charge in [0.25, 0.3) is 0 Å². The number of carbonyl (C=O) groups is 1. The maximum absolute atomic E-state index is 12.0. The Hall–Kier alpha value is -0.830. The van der Waals surface area contributed by atoms with Crippen LogP contribution in [0.15, 0.2) is 0 Å². The molecule has 20 heavy (non-hydrogen) atoms. The Morgan fingerprint density at radius 3 is 2.30 bits per heavy atom. The molecule has 0 saturated carbocycles. The van der Waals surface area contributed by atoms with Gasteiger partial charge >= 0.3 is 12.1 Å². The Bertz CT molecular complexity index is 427. The number of ether oxygens (including phenoxy) is 1. The molecule has 1 heterocycles. The van der Waals surface area contributed by atoms with Crippen LogP contribution >= 0.6 is 0 Å². The first-order valence-corrected chi connectivity index (χ1v) is 7.89. The number of nitrogens with zero attached hydrogens (tertiary/aromatic N) is 1. The summed E-state index contributed by atoms with van der Waals surface area (Å²) >= 11 is 0. The van der Waals surface area contributed by atoms with Crippen molar-refractivity contribution in [2.75, 3.05) is 26.0 Å². The lowest BCUT2D eigenvalue weighted by atomic mass is 9.99. The van der Waals surface area contributed by atoms with Crippen LogP contribution in [0, 0.1) is 5.92 Å². The fourth-order valence-corrected chi connectivity index (χ4v) is 3.65. The van der Waals surface area contributed by atoms with Crippen molar-refractivity contribution in [1.82, 2.24) is 4.31 Å². The van der Waals surface area contributed by atoms with E-state index in [1.54, 1.807) is 0 Å². The molecule has 1 rings (SSSR count). The first-order chi connectivity index (χ1) is 9.15. The first kappa shape index (κ1) is 17.2. The zero-order valence-corrected chi connectivity index (χ0v) is 12.0. The molecule has 0 aromatic carbocycles. The monoisotopic (exact) mass is 317 g/mol. The van der Waals surface area contributed by atoms with E-state index < -0.39 is 34.8 Å². The van der Waals surface area contributed by atoms with E-state index in [4.69, 9.17) is 0 Å². The van der Waals surface area contributed by atoms with Crippen LogP contribution in [0.5, 0.6) is 0 Å². The van der Waals surface area contributed by atoms with E-state index in [1.165, 1.54) is 7.11 Å². The van der Waals surface area contributed by atoms with Gasteiger partial charge in [-0.25, -0.2) is 12.7 Å². The number of hydrogen-bond donors (Lipinski definition) is 0. The van der Waals surface area contributed by atoms with E-state index in [0.717, 1.165) is 4.31 Å². The van der Waals surface area contributed by atoms with Crippen LogP contribution in [0.2, 0.25) is 0 Å². The van der Waals surface area contributed by atoms with Gasteiger partial charge in [0.05, 0.1) is 18.8 Å². The van der Waals surface area contributed by atoms with Crippen LogP contribution in [0.1, 0.15) is 25.7 Å². The molecule has 0 unspecified atom stereocenters. The molecular weight excluding hydrogens is 299 g/mol. The highest BCUT2D eigenvalue weighted by Crippen LogP contribution is 2.24. The lowest BCUT2D eigenvalue weighted by molar-refractivity contribution is -0.146. The minimum absolute atomic E-state index is 0.147. The van der Waals surface area contributed by atoms with Gasteiger partial charge in [-0.05, 0) is 19.3 Å². The fourth-order valence-electron chi connectivity index (χ4n) is 2.12. The molecule has 0 radical (unpaired) electrons. The predicted molar refractivity (Wildman–Crippen MR) is 65.4 cm³/mol. The minimum Gasteiger partial charge on any atom is -0.469 e. The molecule has 9 heteroatoms. The molecule has 0 aliphatic carbocycles. The number of halogens is 3. The Morgan fingerprint density at radius 2 is 1.85 bits per heavy atom. The van der Waals surface area contributed by atoms with Gasteiger partial charge in [-0.3, -0.25) is 4.79 Å². The third kappa shape index (κ3) is 5.28. The average molecular weight is 317 g/mol. The number of sulfonamides is 1. The lowest BCUT2D eigenvalue weighted by Crippen LogP contribution is -2.41. The first-order valence-electron chi connectivity index (χ1n) is 6.28. The standard InChI is InChI=1S/C11H18F3NO4S/c1-19-10(16)9-3-6-15(7-4-9)20(17,18)8-2-5-11(12,13)14/h9H,2-8H2,1H3. The maximum Gasteiger partial charge on any atom is 0.389 e. The zero-order chi connectivity index (χ0) is 15.4. The van der Waals surface area contributed by atoms with Crippen LogP contribution < -0.4 is 0 Å². The van der Waals surface area contributed by atoms with Crippen LogP contribution in [-0.2, 0) is 19.6 Å². The van der Waals surface area contributed by atoms with Crippen LogP contribution in [0.4, 0.5) is 13.2 Å². The van der Waals surface area contributed by atoms with Crippen LogP contribution in [0.3, 0.4) is 0 Å².